The van der Waals surface area contributed by atoms with Gasteiger partial charge in [-0.3, -0.25) is 4.79 Å². The number of carbonyl (C=O) groups excluding carboxylic acids is 1. The molecule has 0 heterocycles. The third-order valence-corrected chi connectivity index (χ3v) is 6.47. The van der Waals surface area contributed by atoms with Crippen LogP contribution in [0.4, 0.5) is 4.39 Å². The Labute approximate surface area is 191 Å². The molecule has 3 rings (SSSR count). The molecule has 32 heavy (non-hydrogen) atoms. The van der Waals surface area contributed by atoms with Gasteiger partial charge in [-0.15, -0.1) is 0 Å². The first-order chi connectivity index (χ1) is 15.3. The van der Waals surface area contributed by atoms with Crippen molar-refractivity contribution in [1.29, 1.82) is 0 Å². The molecule has 0 unspecified atom stereocenters. The van der Waals surface area contributed by atoms with E-state index in [-0.39, 0.29) is 28.7 Å². The average molecular weight is 477 g/mol. The summed E-state index contributed by atoms with van der Waals surface area (Å²) in [4.78, 5) is 12.8. The summed E-state index contributed by atoms with van der Waals surface area (Å²) in [6.07, 6.45) is 0.138. The number of ether oxygens (including phenoxy) is 1. The van der Waals surface area contributed by atoms with Crippen molar-refractivity contribution in [3.63, 3.8) is 0 Å². The summed E-state index contributed by atoms with van der Waals surface area (Å²) in [7, 11) is -2.64. The molecule has 0 saturated carbocycles. The molecule has 0 aliphatic heterocycles. The highest BCUT2D eigenvalue weighted by Crippen LogP contribution is 2.27. The average Bonchev–Trinajstić information content (AvgIpc) is 2.78. The van der Waals surface area contributed by atoms with Gasteiger partial charge in [0.1, 0.15) is 17.6 Å². The number of carbonyl (C=O) groups is 1. The van der Waals surface area contributed by atoms with Crippen LogP contribution in [0.3, 0.4) is 0 Å². The molecule has 0 radical (unpaired) electrons. The van der Waals surface area contributed by atoms with Crippen molar-refractivity contribution in [2.45, 2.75) is 23.9 Å². The van der Waals surface area contributed by atoms with Gasteiger partial charge in [0.2, 0.25) is 15.9 Å². The van der Waals surface area contributed by atoms with Crippen LogP contribution in [0.2, 0.25) is 5.02 Å². The molecular formula is C23H22ClFN2O4S. The van der Waals surface area contributed by atoms with Gasteiger partial charge in [0.15, 0.2) is 0 Å². The van der Waals surface area contributed by atoms with E-state index in [1.807, 2.05) is 6.07 Å². The van der Waals surface area contributed by atoms with E-state index < -0.39 is 22.0 Å². The van der Waals surface area contributed by atoms with Crippen LogP contribution in [0.5, 0.6) is 5.75 Å². The predicted molar refractivity (Wildman–Crippen MR) is 121 cm³/mol. The molecule has 2 N–H and O–H groups in total. The van der Waals surface area contributed by atoms with Crippen LogP contribution in [0.15, 0.2) is 77.7 Å². The lowest BCUT2D eigenvalue weighted by Gasteiger charge is -2.19. The van der Waals surface area contributed by atoms with Crippen LogP contribution in [-0.2, 0) is 27.8 Å². The third kappa shape index (κ3) is 6.29. The van der Waals surface area contributed by atoms with Gasteiger partial charge in [0, 0.05) is 6.54 Å². The van der Waals surface area contributed by atoms with Crippen LogP contribution in [-0.4, -0.2) is 27.5 Å². The first kappa shape index (κ1) is 23.7. The van der Waals surface area contributed by atoms with Crippen molar-refractivity contribution in [3.05, 3.63) is 94.8 Å². The van der Waals surface area contributed by atoms with Crippen molar-refractivity contribution in [1.82, 2.24) is 10.0 Å². The number of methoxy groups -OCH3 is 1. The van der Waals surface area contributed by atoms with Crippen LogP contribution in [0, 0.1) is 5.82 Å². The summed E-state index contributed by atoms with van der Waals surface area (Å²) < 4.78 is 46.6. The van der Waals surface area contributed by atoms with Crippen molar-refractivity contribution in [2.75, 3.05) is 7.11 Å². The molecule has 0 spiro atoms. The second kappa shape index (κ2) is 10.6. The fourth-order valence-electron chi connectivity index (χ4n) is 3.02. The monoisotopic (exact) mass is 476 g/mol. The Balaban J connectivity index is 1.80. The summed E-state index contributed by atoms with van der Waals surface area (Å²) in [5, 5.41) is 2.84. The van der Waals surface area contributed by atoms with Crippen LogP contribution in [0.25, 0.3) is 0 Å². The summed E-state index contributed by atoms with van der Waals surface area (Å²) in [5.74, 6) is -0.558. The Morgan fingerprint density at radius 1 is 1.03 bits per heavy atom. The summed E-state index contributed by atoms with van der Waals surface area (Å²) in [6, 6.07) is 17.7. The van der Waals surface area contributed by atoms with E-state index in [0.29, 0.717) is 11.3 Å². The first-order valence-corrected chi connectivity index (χ1v) is 11.6. The molecule has 0 aliphatic carbocycles. The minimum absolute atomic E-state index is 0.0901. The summed E-state index contributed by atoms with van der Waals surface area (Å²) >= 11 is 6.07. The van der Waals surface area contributed by atoms with Crippen LogP contribution in [0.1, 0.15) is 11.1 Å². The highest BCUT2D eigenvalue weighted by atomic mass is 35.5. The fourth-order valence-corrected chi connectivity index (χ4v) is 4.57. The number of hydrogen-bond donors (Lipinski definition) is 2. The van der Waals surface area contributed by atoms with Gasteiger partial charge in [-0.1, -0.05) is 54.1 Å². The molecule has 1 amide bonds. The molecule has 9 heteroatoms. The predicted octanol–water partition coefficient (Wildman–Crippen LogP) is 3.69. The van der Waals surface area contributed by atoms with E-state index in [1.165, 1.54) is 37.4 Å². The Morgan fingerprint density at radius 2 is 1.72 bits per heavy atom. The second-order valence-corrected chi connectivity index (χ2v) is 9.13. The van der Waals surface area contributed by atoms with Gasteiger partial charge in [-0.05, 0) is 47.9 Å². The molecule has 0 saturated heterocycles. The number of amides is 1. The van der Waals surface area contributed by atoms with Gasteiger partial charge in [0.05, 0.1) is 17.0 Å². The maximum atomic E-state index is 13.1. The van der Waals surface area contributed by atoms with E-state index in [2.05, 4.69) is 10.0 Å². The van der Waals surface area contributed by atoms with Gasteiger partial charge < -0.3 is 10.1 Å². The van der Waals surface area contributed by atoms with E-state index in [1.54, 1.807) is 36.4 Å². The quantitative estimate of drug-likeness (QED) is 0.493. The number of halogens is 2. The van der Waals surface area contributed by atoms with Crippen molar-refractivity contribution in [2.24, 2.45) is 0 Å². The van der Waals surface area contributed by atoms with Crippen molar-refractivity contribution >= 4 is 27.5 Å². The normalized spacial score (nSPS) is 12.2. The van der Waals surface area contributed by atoms with E-state index in [9.17, 15) is 17.6 Å². The number of rotatable bonds is 9. The molecular weight excluding hydrogens is 455 g/mol. The van der Waals surface area contributed by atoms with E-state index in [4.69, 9.17) is 16.3 Å². The van der Waals surface area contributed by atoms with Gasteiger partial charge >= 0.3 is 0 Å². The molecule has 168 valence electrons. The number of benzene rings is 3. The third-order valence-electron chi connectivity index (χ3n) is 4.71. The van der Waals surface area contributed by atoms with Crippen LogP contribution < -0.4 is 14.8 Å². The zero-order valence-electron chi connectivity index (χ0n) is 17.2. The molecule has 0 fully saturated rings. The topological polar surface area (TPSA) is 84.5 Å². The molecule has 0 bridgehead atoms. The Hall–Kier alpha value is -2.94. The minimum atomic E-state index is -4.06. The highest BCUT2D eigenvalue weighted by molar-refractivity contribution is 7.89. The zero-order chi connectivity index (χ0) is 23.1. The van der Waals surface area contributed by atoms with Crippen molar-refractivity contribution < 1.29 is 22.3 Å². The standard InChI is InChI=1S/C23H22ClFN2O4S/c1-31-22-12-11-19(14-20(22)24)32(29,30)27-21(13-16-5-3-2-4-6-16)23(28)26-15-17-7-9-18(25)10-8-17/h2-12,14,21,27H,13,15H2,1H3,(H,26,28)/t21-/m1/s1. The second-order valence-electron chi connectivity index (χ2n) is 7.00. The van der Waals surface area contributed by atoms with Gasteiger partial charge in [0.25, 0.3) is 0 Å². The molecule has 3 aromatic rings. The van der Waals surface area contributed by atoms with Crippen molar-refractivity contribution in [3.8, 4) is 5.75 Å². The first-order valence-electron chi connectivity index (χ1n) is 9.70. The number of sulfonamides is 1. The molecule has 1 atom stereocenters. The highest BCUT2D eigenvalue weighted by Gasteiger charge is 2.26. The molecule has 3 aromatic carbocycles. The number of hydrogen-bond acceptors (Lipinski definition) is 4. The lowest BCUT2D eigenvalue weighted by atomic mass is 10.1. The zero-order valence-corrected chi connectivity index (χ0v) is 18.8. The lowest BCUT2D eigenvalue weighted by Crippen LogP contribution is -2.47. The van der Waals surface area contributed by atoms with E-state index >= 15 is 0 Å². The maximum absolute atomic E-state index is 13.1. The summed E-state index contributed by atoms with van der Waals surface area (Å²) in [5.41, 5.74) is 1.47. The fraction of sp³-hybridized carbons (Fsp3) is 0.174. The largest absolute Gasteiger partial charge is 0.495 e. The summed E-state index contributed by atoms with van der Waals surface area (Å²) in [6.45, 7) is 0.125. The lowest BCUT2D eigenvalue weighted by molar-refractivity contribution is -0.122. The van der Waals surface area contributed by atoms with Gasteiger partial charge in [-0.25, -0.2) is 12.8 Å². The Bertz CT molecular complexity index is 1170. The molecule has 0 aromatic heterocycles. The van der Waals surface area contributed by atoms with Crippen LogP contribution >= 0.6 is 11.6 Å². The minimum Gasteiger partial charge on any atom is -0.495 e. The Morgan fingerprint density at radius 3 is 2.34 bits per heavy atom. The maximum Gasteiger partial charge on any atom is 0.241 e. The number of nitrogens with one attached hydrogen (secondary N) is 2. The smallest absolute Gasteiger partial charge is 0.241 e. The molecule has 6 nitrogen and oxygen atoms in total. The van der Waals surface area contributed by atoms with Gasteiger partial charge in [-0.2, -0.15) is 4.72 Å². The van der Waals surface area contributed by atoms with E-state index in [0.717, 1.165) is 5.56 Å². The Kier molecular flexibility index (Phi) is 7.84. The molecule has 0 aliphatic rings. The SMILES string of the molecule is COc1ccc(S(=O)(=O)N[C@H](Cc2ccccc2)C(=O)NCc2ccc(F)cc2)cc1Cl.